The highest BCUT2D eigenvalue weighted by atomic mass is 32.1. The summed E-state index contributed by atoms with van der Waals surface area (Å²) < 4.78 is 0. The molecule has 1 fully saturated rings. The van der Waals surface area contributed by atoms with Crippen LogP contribution in [0.2, 0.25) is 0 Å². The van der Waals surface area contributed by atoms with Crippen LogP contribution < -0.4 is 10.6 Å². The van der Waals surface area contributed by atoms with Gasteiger partial charge in [-0.25, -0.2) is 0 Å². The summed E-state index contributed by atoms with van der Waals surface area (Å²) in [6, 6.07) is 12.6. The number of amides is 1. The highest BCUT2D eigenvalue weighted by molar-refractivity contribution is 7.15. The van der Waals surface area contributed by atoms with Crippen molar-refractivity contribution in [2.75, 3.05) is 6.54 Å². The van der Waals surface area contributed by atoms with E-state index in [2.05, 4.69) is 41.8 Å². The molecule has 0 aliphatic carbocycles. The lowest BCUT2D eigenvalue weighted by Gasteiger charge is -2.13. The standard InChI is InChI=1S/C17H20N2OS/c1-12-8-9-16(21-12)14-6-3-2-5-13(14)11-19-17(20)15-7-4-10-18-15/h2-3,5-6,8-9,15,18H,4,7,10-11H2,1H3,(H,19,20). The number of rotatable bonds is 4. The zero-order valence-electron chi connectivity index (χ0n) is 12.2. The van der Waals surface area contributed by atoms with E-state index in [9.17, 15) is 4.79 Å². The average molecular weight is 300 g/mol. The minimum atomic E-state index is -0.0128. The van der Waals surface area contributed by atoms with E-state index >= 15 is 0 Å². The summed E-state index contributed by atoms with van der Waals surface area (Å²) in [6.45, 7) is 3.65. The van der Waals surface area contributed by atoms with Crippen LogP contribution in [0.15, 0.2) is 36.4 Å². The van der Waals surface area contributed by atoms with Crippen LogP contribution >= 0.6 is 11.3 Å². The first-order valence-electron chi connectivity index (χ1n) is 7.40. The molecule has 3 nitrogen and oxygen atoms in total. The van der Waals surface area contributed by atoms with Crippen molar-refractivity contribution in [2.24, 2.45) is 0 Å². The summed E-state index contributed by atoms with van der Waals surface area (Å²) in [4.78, 5) is 14.7. The van der Waals surface area contributed by atoms with Crippen molar-refractivity contribution in [3.8, 4) is 10.4 Å². The molecule has 2 aromatic rings. The van der Waals surface area contributed by atoms with Crippen molar-refractivity contribution in [1.82, 2.24) is 10.6 Å². The molecule has 0 bridgehead atoms. The van der Waals surface area contributed by atoms with Gasteiger partial charge in [0.25, 0.3) is 0 Å². The van der Waals surface area contributed by atoms with Crippen LogP contribution in [0.1, 0.15) is 23.3 Å². The Morgan fingerprint density at radius 3 is 2.90 bits per heavy atom. The topological polar surface area (TPSA) is 41.1 Å². The Kier molecular flexibility index (Phi) is 4.36. The number of thiophene rings is 1. The molecule has 1 saturated heterocycles. The first-order valence-corrected chi connectivity index (χ1v) is 8.21. The lowest BCUT2D eigenvalue weighted by molar-refractivity contribution is -0.122. The van der Waals surface area contributed by atoms with E-state index in [1.807, 2.05) is 12.1 Å². The molecule has 1 amide bonds. The average Bonchev–Trinajstić information content (AvgIpc) is 3.16. The lowest BCUT2D eigenvalue weighted by Crippen LogP contribution is -2.40. The van der Waals surface area contributed by atoms with Gasteiger partial charge >= 0.3 is 0 Å². The largest absolute Gasteiger partial charge is 0.351 e. The van der Waals surface area contributed by atoms with Crippen LogP contribution in [-0.4, -0.2) is 18.5 Å². The van der Waals surface area contributed by atoms with Crippen molar-refractivity contribution < 1.29 is 4.79 Å². The maximum Gasteiger partial charge on any atom is 0.237 e. The molecule has 110 valence electrons. The van der Waals surface area contributed by atoms with Crippen LogP contribution in [0.3, 0.4) is 0 Å². The fourth-order valence-electron chi connectivity index (χ4n) is 2.71. The number of carbonyl (C=O) groups excluding carboxylic acids is 1. The molecule has 1 aromatic heterocycles. The van der Waals surface area contributed by atoms with E-state index in [-0.39, 0.29) is 11.9 Å². The quantitative estimate of drug-likeness (QED) is 0.911. The minimum absolute atomic E-state index is 0.0128. The number of benzene rings is 1. The molecule has 3 rings (SSSR count). The molecule has 21 heavy (non-hydrogen) atoms. The third kappa shape index (κ3) is 3.34. The summed E-state index contributed by atoms with van der Waals surface area (Å²) in [5.74, 6) is 0.115. The molecular formula is C17H20N2OS. The Labute approximate surface area is 129 Å². The highest BCUT2D eigenvalue weighted by Crippen LogP contribution is 2.30. The zero-order valence-corrected chi connectivity index (χ0v) is 13.0. The molecule has 1 atom stereocenters. The fraction of sp³-hybridized carbons (Fsp3) is 0.353. The molecular weight excluding hydrogens is 280 g/mol. The van der Waals surface area contributed by atoms with Crippen LogP contribution in [0.25, 0.3) is 10.4 Å². The van der Waals surface area contributed by atoms with Gasteiger partial charge in [0.15, 0.2) is 0 Å². The van der Waals surface area contributed by atoms with E-state index in [4.69, 9.17) is 0 Å². The maximum atomic E-state index is 12.1. The van der Waals surface area contributed by atoms with Gasteiger partial charge < -0.3 is 10.6 Å². The SMILES string of the molecule is Cc1ccc(-c2ccccc2CNC(=O)C2CCCN2)s1. The zero-order chi connectivity index (χ0) is 14.7. The van der Waals surface area contributed by atoms with Crippen LogP contribution in [-0.2, 0) is 11.3 Å². The Bertz CT molecular complexity index is 629. The number of aryl methyl sites for hydroxylation is 1. The molecule has 0 saturated carbocycles. The van der Waals surface area contributed by atoms with Crippen LogP contribution in [0.5, 0.6) is 0 Å². The molecule has 1 aliphatic rings. The van der Waals surface area contributed by atoms with E-state index in [0.29, 0.717) is 6.54 Å². The van der Waals surface area contributed by atoms with Gasteiger partial charge in [-0.1, -0.05) is 24.3 Å². The Hall–Kier alpha value is -1.65. The van der Waals surface area contributed by atoms with E-state index in [1.165, 1.54) is 20.9 Å². The summed E-state index contributed by atoms with van der Waals surface area (Å²) in [5, 5.41) is 6.29. The summed E-state index contributed by atoms with van der Waals surface area (Å²) in [6.07, 6.45) is 2.03. The predicted molar refractivity (Wildman–Crippen MR) is 87.4 cm³/mol. The van der Waals surface area contributed by atoms with Crippen molar-refractivity contribution in [2.45, 2.75) is 32.4 Å². The summed E-state index contributed by atoms with van der Waals surface area (Å²) in [5.41, 5.74) is 2.39. The van der Waals surface area contributed by atoms with Gasteiger partial charge in [0.1, 0.15) is 0 Å². The normalized spacial score (nSPS) is 17.9. The minimum Gasteiger partial charge on any atom is -0.351 e. The van der Waals surface area contributed by atoms with Crippen molar-refractivity contribution >= 4 is 17.2 Å². The van der Waals surface area contributed by atoms with E-state index < -0.39 is 0 Å². The Balaban J connectivity index is 1.72. The van der Waals surface area contributed by atoms with Gasteiger partial charge in [0.05, 0.1) is 6.04 Å². The van der Waals surface area contributed by atoms with E-state index in [0.717, 1.165) is 19.4 Å². The second-order valence-electron chi connectivity index (χ2n) is 5.43. The molecule has 0 spiro atoms. The molecule has 1 aliphatic heterocycles. The third-order valence-corrected chi connectivity index (χ3v) is 4.89. The van der Waals surface area contributed by atoms with Crippen molar-refractivity contribution in [1.29, 1.82) is 0 Å². The molecule has 1 aromatic carbocycles. The Morgan fingerprint density at radius 2 is 2.19 bits per heavy atom. The predicted octanol–water partition coefficient (Wildman–Crippen LogP) is 3.09. The molecule has 2 N–H and O–H groups in total. The maximum absolute atomic E-state index is 12.1. The first-order chi connectivity index (χ1) is 10.2. The highest BCUT2D eigenvalue weighted by Gasteiger charge is 2.21. The van der Waals surface area contributed by atoms with Gasteiger partial charge in [-0.3, -0.25) is 4.79 Å². The first kappa shape index (κ1) is 14.3. The van der Waals surface area contributed by atoms with Crippen molar-refractivity contribution in [3.63, 3.8) is 0 Å². The van der Waals surface area contributed by atoms with E-state index in [1.54, 1.807) is 11.3 Å². The van der Waals surface area contributed by atoms with Gasteiger partial charge in [-0.15, -0.1) is 11.3 Å². The number of hydrogen-bond donors (Lipinski definition) is 2. The second-order valence-corrected chi connectivity index (χ2v) is 6.72. The van der Waals surface area contributed by atoms with Gasteiger partial charge in [-0.2, -0.15) is 0 Å². The molecule has 4 heteroatoms. The fourth-order valence-corrected chi connectivity index (χ4v) is 3.64. The van der Waals surface area contributed by atoms with Gasteiger partial charge in [0, 0.05) is 16.3 Å². The lowest BCUT2D eigenvalue weighted by atomic mass is 10.1. The number of nitrogens with one attached hydrogen (secondary N) is 2. The molecule has 1 unspecified atom stereocenters. The Morgan fingerprint density at radius 1 is 1.33 bits per heavy atom. The second kappa shape index (κ2) is 6.41. The van der Waals surface area contributed by atoms with Crippen LogP contribution in [0.4, 0.5) is 0 Å². The van der Waals surface area contributed by atoms with Crippen molar-refractivity contribution in [3.05, 3.63) is 46.8 Å². The summed E-state index contributed by atoms with van der Waals surface area (Å²) >= 11 is 1.79. The third-order valence-electron chi connectivity index (χ3n) is 3.85. The van der Waals surface area contributed by atoms with Crippen LogP contribution in [0, 0.1) is 6.92 Å². The smallest absolute Gasteiger partial charge is 0.237 e. The molecule has 2 heterocycles. The number of hydrogen-bond acceptors (Lipinski definition) is 3. The monoisotopic (exact) mass is 300 g/mol. The molecule has 0 radical (unpaired) electrons. The van der Waals surface area contributed by atoms with Gasteiger partial charge in [0.2, 0.25) is 5.91 Å². The van der Waals surface area contributed by atoms with Gasteiger partial charge in [-0.05, 0) is 49.6 Å². The summed E-state index contributed by atoms with van der Waals surface area (Å²) in [7, 11) is 0. The number of carbonyl (C=O) groups is 1.